The van der Waals surface area contributed by atoms with Crippen molar-refractivity contribution in [3.63, 3.8) is 0 Å². The molecule has 1 aromatic rings. The average Bonchev–Trinajstić information content (AvgIpc) is 2.70. The van der Waals surface area contributed by atoms with Crippen molar-refractivity contribution >= 4 is 5.97 Å². The monoisotopic (exact) mass is 209 g/mol. The van der Waals surface area contributed by atoms with E-state index in [2.05, 4.69) is 5.32 Å². The number of hydrogen-bond donors (Lipinski definition) is 2. The first kappa shape index (κ1) is 11.5. The number of carboxylic acids is 1. The zero-order valence-electron chi connectivity index (χ0n) is 8.86. The molecular weight excluding hydrogens is 194 g/mol. The van der Waals surface area contributed by atoms with Crippen LogP contribution in [0.3, 0.4) is 0 Å². The van der Waals surface area contributed by atoms with E-state index in [1.54, 1.807) is 19.3 Å². The lowest BCUT2D eigenvalue weighted by atomic mass is 10.2. The summed E-state index contributed by atoms with van der Waals surface area (Å²) in [6, 6.07) is 3.79. The van der Waals surface area contributed by atoms with Gasteiger partial charge in [0.2, 0.25) is 0 Å². The van der Waals surface area contributed by atoms with Crippen LogP contribution in [-0.4, -0.2) is 17.6 Å². The molecule has 0 saturated heterocycles. The van der Waals surface area contributed by atoms with Crippen molar-refractivity contribution in [3.05, 3.63) is 35.8 Å². The first-order chi connectivity index (χ1) is 7.11. The number of carboxylic acid groups (broad SMARTS) is 1. The third-order valence-electron chi connectivity index (χ3n) is 2.14. The smallest absolute Gasteiger partial charge is 0.330 e. The minimum Gasteiger partial charge on any atom is -0.478 e. The fourth-order valence-corrected chi connectivity index (χ4v) is 1.11. The molecule has 0 spiro atoms. The van der Waals surface area contributed by atoms with Crippen LogP contribution in [-0.2, 0) is 4.79 Å². The van der Waals surface area contributed by atoms with Gasteiger partial charge in [-0.1, -0.05) is 6.08 Å². The van der Waals surface area contributed by atoms with Crippen LogP contribution in [0.15, 0.2) is 34.5 Å². The Kier molecular flexibility index (Phi) is 4.12. The minimum atomic E-state index is -0.887. The summed E-state index contributed by atoms with van der Waals surface area (Å²) in [5.41, 5.74) is 0.342. The molecule has 82 valence electrons. The molecule has 1 rings (SSSR count). The lowest BCUT2D eigenvalue weighted by Gasteiger charge is -2.08. The van der Waals surface area contributed by atoms with E-state index in [0.29, 0.717) is 12.1 Å². The van der Waals surface area contributed by atoms with Crippen molar-refractivity contribution in [2.75, 3.05) is 6.54 Å². The lowest BCUT2D eigenvalue weighted by Crippen LogP contribution is -2.18. The number of furan rings is 1. The fourth-order valence-electron chi connectivity index (χ4n) is 1.11. The second-order valence-electron chi connectivity index (χ2n) is 3.34. The van der Waals surface area contributed by atoms with Gasteiger partial charge in [-0.2, -0.15) is 0 Å². The van der Waals surface area contributed by atoms with Crippen molar-refractivity contribution in [1.29, 1.82) is 0 Å². The average molecular weight is 209 g/mol. The normalized spacial score (nSPS) is 13.9. The highest BCUT2D eigenvalue weighted by Gasteiger charge is 2.06. The molecule has 0 aromatic carbocycles. The molecule has 15 heavy (non-hydrogen) atoms. The molecule has 0 amide bonds. The first-order valence-electron chi connectivity index (χ1n) is 4.78. The van der Waals surface area contributed by atoms with Gasteiger partial charge in [-0.05, 0) is 26.0 Å². The summed E-state index contributed by atoms with van der Waals surface area (Å²) in [7, 11) is 0. The highest BCUT2D eigenvalue weighted by Crippen LogP contribution is 2.11. The van der Waals surface area contributed by atoms with Gasteiger partial charge >= 0.3 is 5.97 Å². The second kappa shape index (κ2) is 5.36. The Morgan fingerprint density at radius 2 is 2.47 bits per heavy atom. The van der Waals surface area contributed by atoms with Crippen LogP contribution >= 0.6 is 0 Å². The Bertz CT molecular complexity index is 341. The molecule has 1 atom stereocenters. The van der Waals surface area contributed by atoms with Crippen LogP contribution in [0, 0.1) is 0 Å². The maximum Gasteiger partial charge on any atom is 0.330 e. The predicted octanol–water partition coefficient (Wildman–Crippen LogP) is 1.96. The molecule has 0 aliphatic heterocycles. The van der Waals surface area contributed by atoms with Gasteiger partial charge in [-0.15, -0.1) is 0 Å². The van der Waals surface area contributed by atoms with E-state index >= 15 is 0 Å². The predicted molar refractivity (Wildman–Crippen MR) is 56.5 cm³/mol. The van der Waals surface area contributed by atoms with Gasteiger partial charge in [0.25, 0.3) is 0 Å². The van der Waals surface area contributed by atoms with Gasteiger partial charge in [0.1, 0.15) is 5.76 Å². The summed E-state index contributed by atoms with van der Waals surface area (Å²) in [5.74, 6) is -0.0428. The van der Waals surface area contributed by atoms with Crippen LogP contribution in [0.4, 0.5) is 0 Å². The van der Waals surface area contributed by atoms with Crippen molar-refractivity contribution in [2.24, 2.45) is 0 Å². The largest absolute Gasteiger partial charge is 0.478 e. The van der Waals surface area contributed by atoms with Gasteiger partial charge < -0.3 is 14.8 Å². The van der Waals surface area contributed by atoms with Crippen LogP contribution in [0.25, 0.3) is 0 Å². The van der Waals surface area contributed by atoms with Crippen LogP contribution < -0.4 is 5.32 Å². The maximum atomic E-state index is 10.5. The van der Waals surface area contributed by atoms with Crippen molar-refractivity contribution in [2.45, 2.75) is 19.9 Å². The van der Waals surface area contributed by atoms with Crippen molar-refractivity contribution < 1.29 is 14.3 Å². The number of aliphatic carboxylic acids is 1. The molecule has 1 aromatic heterocycles. The Morgan fingerprint density at radius 3 is 3.00 bits per heavy atom. The standard InChI is InChI=1S/C11H15NO3/c1-8(11(13)14)5-6-12-9(2)10-4-3-7-15-10/h3-5,7,9,12H,6H2,1-2H3,(H,13,14)/b8-5-. The molecule has 0 saturated carbocycles. The summed E-state index contributed by atoms with van der Waals surface area (Å²) >= 11 is 0. The Balaban J connectivity index is 2.38. The van der Waals surface area contributed by atoms with Crippen molar-refractivity contribution in [1.82, 2.24) is 5.32 Å². The van der Waals surface area contributed by atoms with Gasteiger partial charge in [0.05, 0.1) is 12.3 Å². The maximum absolute atomic E-state index is 10.5. The Morgan fingerprint density at radius 1 is 1.73 bits per heavy atom. The molecule has 2 N–H and O–H groups in total. The summed E-state index contributed by atoms with van der Waals surface area (Å²) in [4.78, 5) is 10.5. The third-order valence-corrected chi connectivity index (χ3v) is 2.14. The summed E-state index contributed by atoms with van der Waals surface area (Å²) in [6.07, 6.45) is 3.26. The van der Waals surface area contributed by atoms with E-state index in [1.165, 1.54) is 0 Å². The van der Waals surface area contributed by atoms with E-state index in [0.717, 1.165) is 5.76 Å². The number of carbonyl (C=O) groups is 1. The number of nitrogens with one attached hydrogen (secondary N) is 1. The van der Waals surface area contributed by atoms with E-state index in [-0.39, 0.29) is 6.04 Å². The Hall–Kier alpha value is -1.55. The van der Waals surface area contributed by atoms with Crippen LogP contribution in [0.1, 0.15) is 25.6 Å². The molecule has 1 unspecified atom stereocenters. The fraction of sp³-hybridized carbons (Fsp3) is 0.364. The molecule has 0 radical (unpaired) electrons. The molecular formula is C11H15NO3. The number of hydrogen-bond acceptors (Lipinski definition) is 3. The van der Waals surface area contributed by atoms with Gasteiger partial charge in [0, 0.05) is 12.1 Å². The third kappa shape index (κ3) is 3.59. The summed E-state index contributed by atoms with van der Waals surface area (Å²) in [5, 5.41) is 11.8. The molecule has 0 aliphatic rings. The van der Waals surface area contributed by atoms with Gasteiger partial charge in [-0.3, -0.25) is 0 Å². The summed E-state index contributed by atoms with van der Waals surface area (Å²) < 4.78 is 5.20. The SMILES string of the molecule is C/C(=C/CNC(C)c1ccco1)C(=O)O. The quantitative estimate of drug-likeness (QED) is 0.728. The van der Waals surface area contributed by atoms with E-state index in [1.807, 2.05) is 19.1 Å². The van der Waals surface area contributed by atoms with E-state index in [4.69, 9.17) is 9.52 Å². The van der Waals surface area contributed by atoms with E-state index < -0.39 is 5.97 Å². The topological polar surface area (TPSA) is 62.5 Å². The summed E-state index contributed by atoms with van der Waals surface area (Å²) in [6.45, 7) is 4.05. The second-order valence-corrected chi connectivity index (χ2v) is 3.34. The molecule has 0 bridgehead atoms. The molecule has 0 aliphatic carbocycles. The van der Waals surface area contributed by atoms with Crippen LogP contribution in [0.5, 0.6) is 0 Å². The van der Waals surface area contributed by atoms with Crippen molar-refractivity contribution in [3.8, 4) is 0 Å². The zero-order chi connectivity index (χ0) is 11.3. The Labute approximate surface area is 88.6 Å². The number of rotatable bonds is 5. The molecule has 1 heterocycles. The van der Waals surface area contributed by atoms with Gasteiger partial charge in [-0.25, -0.2) is 4.79 Å². The molecule has 4 heteroatoms. The zero-order valence-corrected chi connectivity index (χ0v) is 8.86. The minimum absolute atomic E-state index is 0.0813. The van der Waals surface area contributed by atoms with Gasteiger partial charge in [0.15, 0.2) is 0 Å². The highest BCUT2D eigenvalue weighted by atomic mass is 16.4. The first-order valence-corrected chi connectivity index (χ1v) is 4.78. The lowest BCUT2D eigenvalue weighted by molar-refractivity contribution is -0.132. The molecule has 4 nitrogen and oxygen atoms in total. The highest BCUT2D eigenvalue weighted by molar-refractivity contribution is 5.85. The van der Waals surface area contributed by atoms with Crippen LogP contribution in [0.2, 0.25) is 0 Å². The van der Waals surface area contributed by atoms with E-state index in [9.17, 15) is 4.79 Å². The molecule has 0 fully saturated rings.